The lowest BCUT2D eigenvalue weighted by Crippen LogP contribution is -2.36. The standard InChI is InChI=1S/C12H12F4O3/c1-18-6-7-19-9-5-3-2-4-8(9)10(17)12(15,16)11(13)14/h2-5,11H,6-7H2,1H3. The highest BCUT2D eigenvalue weighted by Gasteiger charge is 2.49. The molecule has 3 nitrogen and oxygen atoms in total. The molecule has 0 N–H and O–H groups in total. The average molecular weight is 280 g/mol. The minimum atomic E-state index is -4.74. The van der Waals surface area contributed by atoms with Crippen LogP contribution in [0.1, 0.15) is 10.4 Å². The monoisotopic (exact) mass is 280 g/mol. The largest absolute Gasteiger partial charge is 0.490 e. The van der Waals surface area contributed by atoms with E-state index in [1.54, 1.807) is 0 Å². The molecule has 0 spiro atoms. The molecule has 0 radical (unpaired) electrons. The van der Waals surface area contributed by atoms with Gasteiger partial charge in [0.2, 0.25) is 5.78 Å². The van der Waals surface area contributed by atoms with Crippen molar-refractivity contribution in [3.05, 3.63) is 29.8 Å². The van der Waals surface area contributed by atoms with E-state index in [2.05, 4.69) is 0 Å². The molecule has 0 aliphatic heterocycles. The first kappa shape index (κ1) is 15.4. The smallest absolute Gasteiger partial charge is 0.369 e. The van der Waals surface area contributed by atoms with Crippen LogP contribution in [0.2, 0.25) is 0 Å². The van der Waals surface area contributed by atoms with Gasteiger partial charge in [-0.3, -0.25) is 4.79 Å². The van der Waals surface area contributed by atoms with Crippen LogP contribution in [0.4, 0.5) is 17.6 Å². The van der Waals surface area contributed by atoms with E-state index in [1.165, 1.54) is 25.3 Å². The molecule has 19 heavy (non-hydrogen) atoms. The number of carbonyl (C=O) groups excluding carboxylic acids is 1. The number of alkyl halides is 4. The van der Waals surface area contributed by atoms with Gasteiger partial charge in [0.1, 0.15) is 12.4 Å². The molecule has 0 unspecified atom stereocenters. The molecule has 0 aromatic heterocycles. The van der Waals surface area contributed by atoms with Crippen LogP contribution >= 0.6 is 0 Å². The Morgan fingerprint density at radius 1 is 1.26 bits per heavy atom. The maximum atomic E-state index is 13.0. The van der Waals surface area contributed by atoms with Gasteiger partial charge >= 0.3 is 12.3 Å². The van der Waals surface area contributed by atoms with Gasteiger partial charge in [0.15, 0.2) is 0 Å². The number of benzene rings is 1. The first-order valence-corrected chi connectivity index (χ1v) is 5.32. The van der Waals surface area contributed by atoms with Crippen molar-refractivity contribution in [3.63, 3.8) is 0 Å². The number of Topliss-reactive ketones (excluding diaryl/α,β-unsaturated/α-hetero) is 1. The summed E-state index contributed by atoms with van der Waals surface area (Å²) in [5.74, 6) is -6.87. The van der Waals surface area contributed by atoms with E-state index in [1.807, 2.05) is 0 Å². The van der Waals surface area contributed by atoms with Crippen molar-refractivity contribution >= 4 is 5.78 Å². The van der Waals surface area contributed by atoms with Crippen LogP contribution in [-0.2, 0) is 4.74 Å². The number of hydrogen-bond donors (Lipinski definition) is 0. The molecule has 0 saturated heterocycles. The molecule has 1 rings (SSSR count). The van der Waals surface area contributed by atoms with Crippen molar-refractivity contribution in [1.29, 1.82) is 0 Å². The van der Waals surface area contributed by atoms with Gasteiger partial charge in [0, 0.05) is 7.11 Å². The van der Waals surface area contributed by atoms with Crippen molar-refractivity contribution in [1.82, 2.24) is 0 Å². The number of hydrogen-bond acceptors (Lipinski definition) is 3. The summed E-state index contributed by atoms with van der Waals surface area (Å²) in [4.78, 5) is 11.4. The third-order valence-electron chi connectivity index (χ3n) is 2.25. The summed E-state index contributed by atoms with van der Waals surface area (Å²) in [6.45, 7) is 0.189. The van der Waals surface area contributed by atoms with Gasteiger partial charge in [-0.1, -0.05) is 12.1 Å². The lowest BCUT2D eigenvalue weighted by Gasteiger charge is -2.16. The van der Waals surface area contributed by atoms with Crippen LogP contribution in [0, 0.1) is 0 Å². The molecule has 106 valence electrons. The Morgan fingerprint density at radius 3 is 2.47 bits per heavy atom. The van der Waals surface area contributed by atoms with E-state index in [9.17, 15) is 22.4 Å². The SMILES string of the molecule is COCCOc1ccccc1C(=O)C(F)(F)C(F)F. The number of methoxy groups -OCH3 is 1. The second-order valence-corrected chi connectivity index (χ2v) is 3.59. The van der Waals surface area contributed by atoms with Crippen LogP contribution in [0.5, 0.6) is 5.75 Å². The van der Waals surface area contributed by atoms with Crippen LogP contribution in [0.15, 0.2) is 24.3 Å². The Hall–Kier alpha value is -1.63. The second-order valence-electron chi connectivity index (χ2n) is 3.59. The maximum absolute atomic E-state index is 13.0. The predicted molar refractivity (Wildman–Crippen MR) is 59.1 cm³/mol. The molecule has 0 heterocycles. The summed E-state index contributed by atoms with van der Waals surface area (Å²) >= 11 is 0. The first-order chi connectivity index (χ1) is 8.91. The van der Waals surface area contributed by atoms with Gasteiger partial charge in [0.25, 0.3) is 0 Å². The molecule has 0 bridgehead atoms. The number of rotatable bonds is 7. The fourth-order valence-electron chi connectivity index (χ4n) is 1.29. The molecule has 0 atom stereocenters. The van der Waals surface area contributed by atoms with Crippen molar-refractivity contribution < 1.29 is 31.8 Å². The third kappa shape index (κ3) is 3.66. The Balaban J connectivity index is 2.97. The number of ketones is 1. The average Bonchev–Trinajstić information content (AvgIpc) is 2.38. The zero-order chi connectivity index (χ0) is 14.5. The molecule has 7 heteroatoms. The van der Waals surface area contributed by atoms with Crippen molar-refractivity contribution in [2.24, 2.45) is 0 Å². The number of para-hydroxylation sites is 1. The number of halogens is 4. The zero-order valence-corrected chi connectivity index (χ0v) is 10.0. The van der Waals surface area contributed by atoms with E-state index in [0.29, 0.717) is 0 Å². The molecule has 0 aliphatic rings. The molecular formula is C12H12F4O3. The topological polar surface area (TPSA) is 35.5 Å². The van der Waals surface area contributed by atoms with E-state index >= 15 is 0 Å². The Labute approximate surface area is 107 Å². The molecule has 0 saturated carbocycles. The summed E-state index contributed by atoms with van der Waals surface area (Å²) in [7, 11) is 1.41. The van der Waals surface area contributed by atoms with Crippen molar-refractivity contribution in [2.75, 3.05) is 20.3 Å². The van der Waals surface area contributed by atoms with E-state index in [-0.39, 0.29) is 19.0 Å². The highest BCUT2D eigenvalue weighted by Crippen LogP contribution is 2.31. The number of carbonyl (C=O) groups is 1. The normalized spacial score (nSPS) is 11.7. The van der Waals surface area contributed by atoms with Crippen LogP contribution in [-0.4, -0.2) is 38.5 Å². The van der Waals surface area contributed by atoms with E-state index in [4.69, 9.17) is 9.47 Å². The molecule has 1 aromatic carbocycles. The Morgan fingerprint density at radius 2 is 1.89 bits per heavy atom. The number of ether oxygens (including phenoxy) is 2. The lowest BCUT2D eigenvalue weighted by atomic mass is 10.0. The fourth-order valence-corrected chi connectivity index (χ4v) is 1.29. The zero-order valence-electron chi connectivity index (χ0n) is 10.0. The van der Waals surface area contributed by atoms with Crippen LogP contribution < -0.4 is 4.74 Å². The van der Waals surface area contributed by atoms with Gasteiger partial charge in [-0.05, 0) is 12.1 Å². The summed E-state index contributed by atoms with van der Waals surface area (Å²) in [5.41, 5.74) is -0.580. The second kappa shape index (κ2) is 6.51. The Bertz CT molecular complexity index is 435. The molecular weight excluding hydrogens is 268 g/mol. The fraction of sp³-hybridized carbons (Fsp3) is 0.417. The predicted octanol–water partition coefficient (Wildman–Crippen LogP) is 2.79. The van der Waals surface area contributed by atoms with E-state index < -0.39 is 23.7 Å². The molecule has 0 aliphatic carbocycles. The minimum Gasteiger partial charge on any atom is -0.490 e. The molecule has 1 aromatic rings. The minimum absolute atomic E-state index is 0.0149. The Kier molecular flexibility index (Phi) is 5.29. The highest BCUT2D eigenvalue weighted by molar-refractivity contribution is 6.03. The van der Waals surface area contributed by atoms with Crippen molar-refractivity contribution in [3.8, 4) is 5.75 Å². The maximum Gasteiger partial charge on any atom is 0.369 e. The van der Waals surface area contributed by atoms with Crippen molar-refractivity contribution in [2.45, 2.75) is 12.3 Å². The van der Waals surface area contributed by atoms with Gasteiger partial charge < -0.3 is 9.47 Å². The van der Waals surface area contributed by atoms with Gasteiger partial charge in [-0.25, -0.2) is 8.78 Å². The quantitative estimate of drug-likeness (QED) is 0.437. The van der Waals surface area contributed by atoms with Gasteiger partial charge in [-0.15, -0.1) is 0 Å². The first-order valence-electron chi connectivity index (χ1n) is 5.32. The summed E-state index contributed by atoms with van der Waals surface area (Å²) in [6.07, 6.45) is -4.06. The van der Waals surface area contributed by atoms with Gasteiger partial charge in [-0.2, -0.15) is 8.78 Å². The van der Waals surface area contributed by atoms with Gasteiger partial charge in [0.05, 0.1) is 12.2 Å². The molecule has 0 fully saturated rings. The molecule has 0 amide bonds. The summed E-state index contributed by atoms with van der Waals surface area (Å²) in [5, 5.41) is 0. The summed E-state index contributed by atoms with van der Waals surface area (Å²) in [6, 6.07) is 5.00. The lowest BCUT2D eigenvalue weighted by molar-refractivity contribution is -0.0959. The van der Waals surface area contributed by atoms with E-state index in [0.717, 1.165) is 6.07 Å². The van der Waals surface area contributed by atoms with Crippen LogP contribution in [0.25, 0.3) is 0 Å². The highest BCUT2D eigenvalue weighted by atomic mass is 19.3. The van der Waals surface area contributed by atoms with Crippen LogP contribution in [0.3, 0.4) is 0 Å². The summed E-state index contributed by atoms with van der Waals surface area (Å²) < 4.78 is 60.1. The third-order valence-corrected chi connectivity index (χ3v) is 2.25.